The van der Waals surface area contributed by atoms with Crippen LogP contribution in [0.15, 0.2) is 60.7 Å². The van der Waals surface area contributed by atoms with E-state index in [-0.39, 0.29) is 0 Å². The Bertz CT molecular complexity index is 524. The molecule has 0 aliphatic rings. The van der Waals surface area contributed by atoms with Crippen LogP contribution in [-0.4, -0.2) is 6.54 Å². The minimum atomic E-state index is 1.19. The Morgan fingerprint density at radius 3 is 1.26 bits per heavy atom. The van der Waals surface area contributed by atoms with Crippen LogP contribution in [0.4, 0.5) is 11.4 Å². The molecule has 0 fully saturated rings. The SMILES string of the molecule is CCCCCCCCCCCCCC[NH+](c1ccccc1)c1ccccc1. The lowest BCUT2D eigenvalue weighted by Crippen LogP contribution is -3.02. The van der Waals surface area contributed by atoms with Gasteiger partial charge in [-0.15, -0.1) is 0 Å². The number of benzene rings is 2. The average molecular weight is 367 g/mol. The summed E-state index contributed by atoms with van der Waals surface area (Å²) in [6.45, 7) is 3.48. The summed E-state index contributed by atoms with van der Waals surface area (Å²) in [4.78, 5) is 1.50. The smallest absolute Gasteiger partial charge is 0.136 e. The highest BCUT2D eigenvalue weighted by Crippen LogP contribution is 2.12. The molecule has 0 heterocycles. The molecule has 0 atom stereocenters. The number of hydrogen-bond acceptors (Lipinski definition) is 0. The average Bonchev–Trinajstić information content (AvgIpc) is 2.73. The summed E-state index contributed by atoms with van der Waals surface area (Å²) < 4.78 is 0. The third-order valence-electron chi connectivity index (χ3n) is 5.52. The predicted molar refractivity (Wildman–Crippen MR) is 119 cm³/mol. The molecular weight excluding hydrogens is 326 g/mol. The number of unbranched alkanes of at least 4 members (excludes halogenated alkanes) is 11. The first-order chi connectivity index (χ1) is 13.4. The fourth-order valence-corrected chi connectivity index (χ4v) is 3.88. The molecule has 27 heavy (non-hydrogen) atoms. The van der Waals surface area contributed by atoms with E-state index in [1.54, 1.807) is 0 Å². The van der Waals surface area contributed by atoms with Crippen LogP contribution < -0.4 is 4.90 Å². The standard InChI is InChI=1S/C26H39N/c1-2-3-4-5-6-7-8-9-10-11-12-19-24-27(25-20-15-13-16-21-25)26-22-17-14-18-23-26/h13-18,20-23H,2-12,19,24H2,1H3/p+1. The molecule has 1 N–H and O–H groups in total. The molecule has 0 bridgehead atoms. The molecule has 1 heteroatoms. The highest BCUT2D eigenvalue weighted by molar-refractivity contribution is 5.37. The Morgan fingerprint density at radius 2 is 0.852 bits per heavy atom. The molecule has 0 spiro atoms. The van der Waals surface area contributed by atoms with Gasteiger partial charge in [0, 0.05) is 0 Å². The zero-order valence-corrected chi connectivity index (χ0v) is 17.5. The van der Waals surface area contributed by atoms with E-state index in [0.717, 1.165) is 0 Å². The van der Waals surface area contributed by atoms with Crippen molar-refractivity contribution < 1.29 is 4.90 Å². The molecule has 1 nitrogen and oxygen atoms in total. The number of hydrogen-bond donors (Lipinski definition) is 1. The van der Waals surface area contributed by atoms with Crippen LogP contribution in [0, 0.1) is 0 Å². The minimum absolute atomic E-state index is 1.19. The third-order valence-corrected chi connectivity index (χ3v) is 5.52. The molecule has 0 aromatic heterocycles. The summed E-state index contributed by atoms with van der Waals surface area (Å²) in [5, 5.41) is 0. The molecule has 0 saturated carbocycles. The Labute approximate surface area is 167 Å². The van der Waals surface area contributed by atoms with Gasteiger partial charge in [0.1, 0.15) is 11.4 Å². The van der Waals surface area contributed by atoms with Gasteiger partial charge in [-0.3, -0.25) is 4.90 Å². The highest BCUT2D eigenvalue weighted by atomic mass is 15.1. The van der Waals surface area contributed by atoms with Crippen LogP contribution in [0.1, 0.15) is 84.0 Å². The van der Waals surface area contributed by atoms with Crippen molar-refractivity contribution in [2.24, 2.45) is 0 Å². The van der Waals surface area contributed by atoms with E-state index in [0.29, 0.717) is 0 Å². The maximum atomic E-state index is 2.29. The van der Waals surface area contributed by atoms with E-state index in [4.69, 9.17) is 0 Å². The Balaban J connectivity index is 1.60. The molecule has 0 aliphatic carbocycles. The fourth-order valence-electron chi connectivity index (χ4n) is 3.88. The molecule has 2 aromatic rings. The van der Waals surface area contributed by atoms with Crippen molar-refractivity contribution in [3.8, 4) is 0 Å². The van der Waals surface area contributed by atoms with Crippen molar-refractivity contribution in [2.45, 2.75) is 84.0 Å². The number of para-hydroxylation sites is 2. The number of nitrogens with one attached hydrogen (secondary N) is 1. The van der Waals surface area contributed by atoms with Crippen molar-refractivity contribution in [1.82, 2.24) is 0 Å². The van der Waals surface area contributed by atoms with Crippen LogP contribution in [0.5, 0.6) is 0 Å². The van der Waals surface area contributed by atoms with Gasteiger partial charge in [0.05, 0.1) is 6.54 Å². The van der Waals surface area contributed by atoms with Crippen molar-refractivity contribution >= 4 is 11.4 Å². The largest absolute Gasteiger partial charge is 0.270 e. The fraction of sp³-hybridized carbons (Fsp3) is 0.538. The van der Waals surface area contributed by atoms with Gasteiger partial charge in [-0.25, -0.2) is 0 Å². The van der Waals surface area contributed by atoms with Gasteiger partial charge in [-0.05, 0) is 37.1 Å². The first-order valence-corrected chi connectivity index (χ1v) is 11.4. The van der Waals surface area contributed by atoms with Crippen LogP contribution in [0.2, 0.25) is 0 Å². The van der Waals surface area contributed by atoms with Crippen molar-refractivity contribution in [3.05, 3.63) is 60.7 Å². The van der Waals surface area contributed by atoms with Gasteiger partial charge < -0.3 is 0 Å². The Hall–Kier alpha value is -1.60. The first kappa shape index (κ1) is 21.7. The maximum absolute atomic E-state index is 2.29. The van der Waals surface area contributed by atoms with Crippen LogP contribution in [0.25, 0.3) is 0 Å². The van der Waals surface area contributed by atoms with Gasteiger partial charge in [0.15, 0.2) is 0 Å². The van der Waals surface area contributed by atoms with Gasteiger partial charge in [0.2, 0.25) is 0 Å². The summed E-state index contributed by atoms with van der Waals surface area (Å²) in [6, 6.07) is 21.8. The summed E-state index contributed by atoms with van der Waals surface area (Å²) in [7, 11) is 0. The molecule has 0 aliphatic heterocycles. The molecule has 0 unspecified atom stereocenters. The third kappa shape index (κ3) is 9.24. The molecule has 2 rings (SSSR count). The van der Waals surface area contributed by atoms with E-state index in [1.165, 1.54) is 99.9 Å². The zero-order chi connectivity index (χ0) is 19.0. The summed E-state index contributed by atoms with van der Waals surface area (Å²) in [5.74, 6) is 0. The van der Waals surface area contributed by atoms with Crippen molar-refractivity contribution in [3.63, 3.8) is 0 Å². The number of quaternary nitrogens is 1. The second-order valence-corrected chi connectivity index (χ2v) is 7.85. The lowest BCUT2D eigenvalue weighted by Gasteiger charge is -2.18. The Kier molecular flexibility index (Phi) is 11.6. The molecule has 0 radical (unpaired) electrons. The van der Waals surface area contributed by atoms with Crippen LogP contribution >= 0.6 is 0 Å². The van der Waals surface area contributed by atoms with Gasteiger partial charge >= 0.3 is 0 Å². The lowest BCUT2D eigenvalue weighted by molar-refractivity contribution is -0.760. The lowest BCUT2D eigenvalue weighted by atomic mass is 10.1. The second-order valence-electron chi connectivity index (χ2n) is 7.85. The van der Waals surface area contributed by atoms with E-state index in [9.17, 15) is 0 Å². The summed E-state index contributed by atoms with van der Waals surface area (Å²) in [6.07, 6.45) is 16.9. The van der Waals surface area contributed by atoms with Crippen molar-refractivity contribution in [1.29, 1.82) is 0 Å². The minimum Gasteiger partial charge on any atom is -0.270 e. The molecule has 2 aromatic carbocycles. The van der Waals surface area contributed by atoms with Crippen molar-refractivity contribution in [2.75, 3.05) is 6.54 Å². The van der Waals surface area contributed by atoms with E-state index >= 15 is 0 Å². The summed E-state index contributed by atoms with van der Waals surface area (Å²) >= 11 is 0. The van der Waals surface area contributed by atoms with E-state index in [1.807, 2.05) is 0 Å². The topological polar surface area (TPSA) is 4.44 Å². The normalized spacial score (nSPS) is 11.2. The van der Waals surface area contributed by atoms with E-state index in [2.05, 4.69) is 67.6 Å². The van der Waals surface area contributed by atoms with Gasteiger partial charge in [0.25, 0.3) is 0 Å². The molecule has 148 valence electrons. The quantitative estimate of drug-likeness (QED) is 0.317. The highest BCUT2D eigenvalue weighted by Gasteiger charge is 2.14. The van der Waals surface area contributed by atoms with Crippen LogP contribution in [-0.2, 0) is 0 Å². The van der Waals surface area contributed by atoms with Gasteiger partial charge in [-0.1, -0.05) is 108 Å². The van der Waals surface area contributed by atoms with E-state index < -0.39 is 0 Å². The van der Waals surface area contributed by atoms with Gasteiger partial charge in [-0.2, -0.15) is 0 Å². The summed E-state index contributed by atoms with van der Waals surface area (Å²) in [5.41, 5.74) is 2.76. The second kappa shape index (κ2) is 14.5. The number of rotatable bonds is 15. The zero-order valence-electron chi connectivity index (χ0n) is 17.5. The monoisotopic (exact) mass is 366 g/mol. The Morgan fingerprint density at radius 1 is 0.481 bits per heavy atom. The molecule has 0 saturated heterocycles. The van der Waals surface area contributed by atoms with Crippen LogP contribution in [0.3, 0.4) is 0 Å². The predicted octanol–water partition coefficient (Wildman–Crippen LogP) is 7.24. The maximum Gasteiger partial charge on any atom is 0.136 e. The molecule has 0 amide bonds. The first-order valence-electron chi connectivity index (χ1n) is 11.4. The molecular formula is C26H40N+.